The maximum Gasteiger partial charge on any atom is 0.225 e. The summed E-state index contributed by atoms with van der Waals surface area (Å²) in [5.74, 6) is 4.56. The van der Waals surface area contributed by atoms with Gasteiger partial charge in [-0.15, -0.1) is 0 Å². The van der Waals surface area contributed by atoms with Crippen LogP contribution < -0.4 is 15.5 Å². The van der Waals surface area contributed by atoms with Crippen LogP contribution in [0.3, 0.4) is 0 Å². The molecule has 3 aliphatic rings. The van der Waals surface area contributed by atoms with Gasteiger partial charge in [-0.25, -0.2) is 9.97 Å². The van der Waals surface area contributed by atoms with Gasteiger partial charge in [0.05, 0.1) is 6.26 Å². The van der Waals surface area contributed by atoms with Crippen LogP contribution >= 0.6 is 0 Å². The summed E-state index contributed by atoms with van der Waals surface area (Å²) in [7, 11) is 0. The van der Waals surface area contributed by atoms with E-state index < -0.39 is 0 Å². The molecule has 3 atom stereocenters. The molecule has 0 spiro atoms. The first-order valence-electron chi connectivity index (χ1n) is 11.5. The molecular weight excluding hydrogens is 376 g/mol. The molecule has 0 amide bonds. The topological polar surface area (TPSA) is 78.6 Å². The molecule has 3 fully saturated rings. The first-order chi connectivity index (χ1) is 14.8. The Morgan fingerprint density at radius 2 is 1.93 bits per heavy atom. The summed E-state index contributed by atoms with van der Waals surface area (Å²) in [6, 6.07) is 6.84. The van der Waals surface area contributed by atoms with Crippen molar-refractivity contribution >= 4 is 11.9 Å². The van der Waals surface area contributed by atoms with Crippen LogP contribution in [-0.4, -0.2) is 47.6 Å². The van der Waals surface area contributed by atoms with E-state index in [4.69, 9.17) is 9.41 Å². The highest BCUT2D eigenvalue weighted by molar-refractivity contribution is 5.80. The van der Waals surface area contributed by atoms with Crippen molar-refractivity contribution in [3.05, 3.63) is 42.6 Å². The summed E-state index contributed by atoms with van der Waals surface area (Å²) in [6.07, 6.45) is 13.8. The Balaban J connectivity index is 1.18. The van der Waals surface area contributed by atoms with Gasteiger partial charge in [0, 0.05) is 50.5 Å². The molecule has 2 aromatic rings. The van der Waals surface area contributed by atoms with Gasteiger partial charge in [0.25, 0.3) is 0 Å². The van der Waals surface area contributed by atoms with Crippen molar-refractivity contribution in [2.75, 3.05) is 24.5 Å². The van der Waals surface area contributed by atoms with Crippen LogP contribution in [0, 0.1) is 11.8 Å². The zero-order chi connectivity index (χ0) is 20.2. The molecule has 30 heavy (non-hydrogen) atoms. The maximum atomic E-state index is 5.47. The predicted octanol–water partition coefficient (Wildman–Crippen LogP) is 3.00. The highest BCUT2D eigenvalue weighted by atomic mass is 16.3. The number of piperidine rings is 1. The van der Waals surface area contributed by atoms with E-state index in [2.05, 4.69) is 25.5 Å². The molecule has 7 nitrogen and oxygen atoms in total. The summed E-state index contributed by atoms with van der Waals surface area (Å²) in [4.78, 5) is 16.0. The Morgan fingerprint density at radius 1 is 1.07 bits per heavy atom. The number of fused-ring (bicyclic) bond motifs is 2. The summed E-state index contributed by atoms with van der Waals surface area (Å²) >= 11 is 0. The largest absolute Gasteiger partial charge is 0.469 e. The summed E-state index contributed by atoms with van der Waals surface area (Å²) in [5, 5.41) is 7.52. The third kappa shape index (κ3) is 4.60. The monoisotopic (exact) mass is 408 g/mol. The van der Waals surface area contributed by atoms with Gasteiger partial charge in [-0.05, 0) is 62.1 Å². The highest BCUT2D eigenvalue weighted by Gasteiger charge is 2.40. The zero-order valence-corrected chi connectivity index (χ0v) is 17.5. The minimum atomic E-state index is 0.429. The molecule has 5 rings (SSSR count). The van der Waals surface area contributed by atoms with Crippen molar-refractivity contribution in [3.8, 4) is 0 Å². The molecule has 2 aromatic heterocycles. The SMILES string of the molecule is c1cnc(N2CCC(NC(=NCCc3ccco3)NC3CC4CCC3C4)CC2)nc1. The number of rotatable bonds is 6. The molecule has 2 N–H and O–H groups in total. The molecule has 2 saturated carbocycles. The lowest BCUT2D eigenvalue weighted by molar-refractivity contribution is 0.381. The molecule has 3 unspecified atom stereocenters. The number of anilines is 1. The lowest BCUT2D eigenvalue weighted by Crippen LogP contribution is -2.52. The van der Waals surface area contributed by atoms with Crippen LogP contribution in [0.4, 0.5) is 5.95 Å². The maximum absolute atomic E-state index is 5.47. The molecule has 0 aromatic carbocycles. The second-order valence-electron chi connectivity index (χ2n) is 8.94. The fraction of sp³-hybridized carbons (Fsp3) is 0.609. The second kappa shape index (κ2) is 9.06. The summed E-state index contributed by atoms with van der Waals surface area (Å²) in [6.45, 7) is 2.67. The standard InChI is InChI=1S/C23H32N6O/c1-3-20(30-14-1)6-11-24-22(28-21-16-17-4-5-18(21)15-17)27-19-7-12-29(13-8-19)23-25-9-2-10-26-23/h1-3,9-10,14,17-19,21H,4-8,11-13,15-16H2,(H2,24,27,28). The molecule has 7 heteroatoms. The Hall–Kier alpha value is -2.57. The van der Waals surface area contributed by atoms with E-state index in [9.17, 15) is 0 Å². The molecule has 2 aliphatic carbocycles. The Morgan fingerprint density at radius 3 is 2.63 bits per heavy atom. The molecular formula is C23H32N6O. The lowest BCUT2D eigenvalue weighted by Gasteiger charge is -2.34. The van der Waals surface area contributed by atoms with Crippen LogP contribution in [0.25, 0.3) is 0 Å². The predicted molar refractivity (Wildman–Crippen MR) is 117 cm³/mol. The van der Waals surface area contributed by atoms with Crippen LogP contribution in [0.2, 0.25) is 0 Å². The lowest BCUT2D eigenvalue weighted by atomic mass is 9.95. The quantitative estimate of drug-likeness (QED) is 0.565. The number of furan rings is 1. The highest BCUT2D eigenvalue weighted by Crippen LogP contribution is 2.44. The molecule has 1 saturated heterocycles. The van der Waals surface area contributed by atoms with Crippen LogP contribution in [0.15, 0.2) is 46.3 Å². The minimum Gasteiger partial charge on any atom is -0.469 e. The first-order valence-corrected chi connectivity index (χ1v) is 11.5. The minimum absolute atomic E-state index is 0.429. The number of aromatic nitrogens is 2. The van der Waals surface area contributed by atoms with Crippen molar-refractivity contribution in [2.45, 2.75) is 57.0 Å². The van der Waals surface area contributed by atoms with E-state index in [1.54, 1.807) is 6.26 Å². The van der Waals surface area contributed by atoms with Gasteiger partial charge in [-0.1, -0.05) is 6.42 Å². The number of hydrogen-bond acceptors (Lipinski definition) is 5. The van der Waals surface area contributed by atoms with Crippen molar-refractivity contribution in [3.63, 3.8) is 0 Å². The second-order valence-corrected chi connectivity index (χ2v) is 8.94. The Bertz CT molecular complexity index is 815. The van der Waals surface area contributed by atoms with Gasteiger partial charge in [-0.3, -0.25) is 4.99 Å². The van der Waals surface area contributed by atoms with E-state index in [-0.39, 0.29) is 0 Å². The van der Waals surface area contributed by atoms with Crippen molar-refractivity contribution < 1.29 is 4.42 Å². The van der Waals surface area contributed by atoms with Gasteiger partial charge >= 0.3 is 0 Å². The van der Waals surface area contributed by atoms with E-state index in [0.717, 1.165) is 68.4 Å². The fourth-order valence-corrected chi connectivity index (χ4v) is 5.33. The summed E-state index contributed by atoms with van der Waals surface area (Å²) < 4.78 is 5.47. The molecule has 0 radical (unpaired) electrons. The Labute approximate surface area is 178 Å². The van der Waals surface area contributed by atoms with Crippen molar-refractivity contribution in [1.29, 1.82) is 0 Å². The number of nitrogens with zero attached hydrogens (tertiary/aromatic N) is 4. The number of nitrogens with one attached hydrogen (secondary N) is 2. The third-order valence-electron chi connectivity index (χ3n) is 6.94. The van der Waals surface area contributed by atoms with Gasteiger partial charge < -0.3 is 20.0 Å². The molecule has 160 valence electrons. The van der Waals surface area contributed by atoms with Crippen LogP contribution in [0.1, 0.15) is 44.3 Å². The van der Waals surface area contributed by atoms with Crippen LogP contribution in [0.5, 0.6) is 0 Å². The van der Waals surface area contributed by atoms with Gasteiger partial charge in [-0.2, -0.15) is 0 Å². The number of guanidine groups is 1. The molecule has 1 aliphatic heterocycles. The molecule has 2 bridgehead atoms. The van der Waals surface area contributed by atoms with Crippen LogP contribution in [-0.2, 0) is 6.42 Å². The zero-order valence-electron chi connectivity index (χ0n) is 17.5. The fourth-order valence-electron chi connectivity index (χ4n) is 5.33. The van der Waals surface area contributed by atoms with Gasteiger partial charge in [0.1, 0.15) is 5.76 Å². The first kappa shape index (κ1) is 19.4. The van der Waals surface area contributed by atoms with Crippen molar-refractivity contribution in [2.24, 2.45) is 16.8 Å². The van der Waals surface area contributed by atoms with E-state index in [1.165, 1.54) is 25.7 Å². The number of hydrogen-bond donors (Lipinski definition) is 2. The smallest absolute Gasteiger partial charge is 0.225 e. The third-order valence-corrected chi connectivity index (χ3v) is 6.94. The van der Waals surface area contributed by atoms with E-state index in [1.807, 2.05) is 30.6 Å². The van der Waals surface area contributed by atoms with E-state index >= 15 is 0 Å². The summed E-state index contributed by atoms with van der Waals surface area (Å²) in [5.41, 5.74) is 0. The Kier molecular flexibility index (Phi) is 5.86. The molecule has 3 heterocycles. The van der Waals surface area contributed by atoms with E-state index in [0.29, 0.717) is 12.1 Å². The average Bonchev–Trinajstić information content (AvgIpc) is 3.54. The normalized spacial score (nSPS) is 26.9. The van der Waals surface area contributed by atoms with Crippen molar-refractivity contribution in [1.82, 2.24) is 20.6 Å². The van der Waals surface area contributed by atoms with Gasteiger partial charge in [0.2, 0.25) is 5.95 Å². The number of aliphatic imine (C=N–C) groups is 1. The average molecular weight is 409 g/mol. The van der Waals surface area contributed by atoms with Gasteiger partial charge in [0.15, 0.2) is 5.96 Å².